The average Bonchev–Trinajstić information content (AvgIpc) is 3.30. The summed E-state index contributed by atoms with van der Waals surface area (Å²) in [6.45, 7) is 2.70. The third kappa shape index (κ3) is 2.86. The van der Waals surface area contributed by atoms with E-state index in [0.29, 0.717) is 12.0 Å². The molecule has 0 spiro atoms. The molecular formula is C17H22F2N2O. The van der Waals surface area contributed by atoms with Crippen LogP contribution in [0.15, 0.2) is 18.2 Å². The van der Waals surface area contributed by atoms with Crippen LogP contribution in [0.1, 0.15) is 44.1 Å². The van der Waals surface area contributed by atoms with Crippen LogP contribution in [0.25, 0.3) is 0 Å². The van der Waals surface area contributed by atoms with E-state index in [2.05, 4.69) is 0 Å². The van der Waals surface area contributed by atoms with Gasteiger partial charge in [0.05, 0.1) is 0 Å². The molecular weight excluding hydrogens is 286 g/mol. The number of piperidine rings is 1. The van der Waals surface area contributed by atoms with Crippen molar-refractivity contribution in [3.63, 3.8) is 0 Å². The summed E-state index contributed by atoms with van der Waals surface area (Å²) in [7, 11) is 0. The number of benzene rings is 1. The average molecular weight is 308 g/mol. The Bertz CT molecular complexity index is 576. The van der Waals surface area contributed by atoms with Gasteiger partial charge in [0, 0.05) is 24.5 Å². The summed E-state index contributed by atoms with van der Waals surface area (Å²) in [6, 6.07) is 4.00. The van der Waals surface area contributed by atoms with Gasteiger partial charge in [0.25, 0.3) is 0 Å². The fourth-order valence-electron chi connectivity index (χ4n) is 3.57. The number of carbonyl (C=O) groups excluding carboxylic acids is 1. The minimum absolute atomic E-state index is 0.0123. The molecule has 1 saturated carbocycles. The van der Waals surface area contributed by atoms with E-state index < -0.39 is 11.6 Å². The van der Waals surface area contributed by atoms with Crippen molar-refractivity contribution in [3.05, 3.63) is 35.4 Å². The number of hydrogen-bond donors (Lipinski definition) is 1. The van der Waals surface area contributed by atoms with Crippen LogP contribution in [0.4, 0.5) is 8.78 Å². The van der Waals surface area contributed by atoms with E-state index in [4.69, 9.17) is 5.73 Å². The number of halogens is 2. The topological polar surface area (TPSA) is 46.3 Å². The lowest BCUT2D eigenvalue weighted by molar-refractivity contribution is -0.136. The van der Waals surface area contributed by atoms with E-state index in [0.717, 1.165) is 31.9 Å². The highest BCUT2D eigenvalue weighted by Crippen LogP contribution is 2.49. The molecule has 1 saturated heterocycles. The first-order valence-corrected chi connectivity index (χ1v) is 8.00. The van der Waals surface area contributed by atoms with E-state index in [9.17, 15) is 13.6 Å². The maximum atomic E-state index is 13.3. The second-order valence-electron chi connectivity index (χ2n) is 6.58. The summed E-state index contributed by atoms with van der Waals surface area (Å²) in [5.74, 6) is -1.67. The Kier molecular flexibility index (Phi) is 4.17. The molecule has 4 unspecified atom stereocenters. The predicted octanol–water partition coefficient (Wildman–Crippen LogP) is 2.80. The largest absolute Gasteiger partial charge is 0.338 e. The summed E-state index contributed by atoms with van der Waals surface area (Å²) in [4.78, 5) is 14.6. The van der Waals surface area contributed by atoms with Gasteiger partial charge in [-0.25, -0.2) is 8.78 Å². The van der Waals surface area contributed by atoms with E-state index in [1.54, 1.807) is 6.07 Å². The normalized spacial score (nSPS) is 29.3. The van der Waals surface area contributed by atoms with Gasteiger partial charge in [-0.1, -0.05) is 6.07 Å². The standard InChI is InChI=1S/C17H22F2N2O/c1-10(20)16-4-2-3-7-21(16)17(22)13-9-12(13)11-5-6-14(18)15(19)8-11/h5-6,8,10,12-13,16H,2-4,7,9,20H2,1H3. The molecule has 1 aliphatic carbocycles. The third-order valence-electron chi connectivity index (χ3n) is 4.92. The van der Waals surface area contributed by atoms with Crippen LogP contribution < -0.4 is 5.73 Å². The number of rotatable bonds is 3. The van der Waals surface area contributed by atoms with Crippen molar-refractivity contribution in [2.24, 2.45) is 11.7 Å². The Balaban J connectivity index is 1.70. The Morgan fingerprint density at radius 2 is 2.09 bits per heavy atom. The Hall–Kier alpha value is -1.49. The first-order valence-electron chi connectivity index (χ1n) is 8.00. The van der Waals surface area contributed by atoms with Crippen molar-refractivity contribution >= 4 is 5.91 Å². The van der Waals surface area contributed by atoms with E-state index in [-0.39, 0.29) is 29.8 Å². The summed E-state index contributed by atoms with van der Waals surface area (Å²) < 4.78 is 26.3. The fourth-order valence-corrected chi connectivity index (χ4v) is 3.57. The maximum Gasteiger partial charge on any atom is 0.226 e. The van der Waals surface area contributed by atoms with Crippen LogP contribution in [0, 0.1) is 17.6 Å². The van der Waals surface area contributed by atoms with Crippen molar-refractivity contribution in [1.82, 2.24) is 4.90 Å². The van der Waals surface area contributed by atoms with Gasteiger partial charge in [-0.3, -0.25) is 4.79 Å². The van der Waals surface area contributed by atoms with Gasteiger partial charge in [0.1, 0.15) is 0 Å². The molecule has 2 aliphatic rings. The number of nitrogens with two attached hydrogens (primary N) is 1. The van der Waals surface area contributed by atoms with Crippen LogP contribution in [-0.4, -0.2) is 29.4 Å². The van der Waals surface area contributed by atoms with Gasteiger partial charge in [0.15, 0.2) is 11.6 Å². The lowest BCUT2D eigenvalue weighted by Gasteiger charge is -2.38. The molecule has 1 aromatic rings. The molecule has 1 aliphatic heterocycles. The zero-order chi connectivity index (χ0) is 15.9. The summed E-state index contributed by atoms with van der Waals surface area (Å²) in [5, 5.41) is 0. The quantitative estimate of drug-likeness (QED) is 0.933. The van der Waals surface area contributed by atoms with Crippen LogP contribution in [0.3, 0.4) is 0 Å². The number of hydrogen-bond acceptors (Lipinski definition) is 2. The Labute approximate surface area is 129 Å². The molecule has 3 rings (SSSR count). The van der Waals surface area contributed by atoms with Crippen molar-refractivity contribution < 1.29 is 13.6 Å². The van der Waals surface area contributed by atoms with Crippen LogP contribution in [0.2, 0.25) is 0 Å². The molecule has 1 aromatic carbocycles. The molecule has 1 amide bonds. The summed E-state index contributed by atoms with van der Waals surface area (Å²) >= 11 is 0. The molecule has 1 heterocycles. The highest BCUT2D eigenvalue weighted by Gasteiger charge is 2.47. The Morgan fingerprint density at radius 1 is 1.32 bits per heavy atom. The van der Waals surface area contributed by atoms with Gasteiger partial charge in [-0.2, -0.15) is 0 Å². The van der Waals surface area contributed by atoms with Gasteiger partial charge >= 0.3 is 0 Å². The molecule has 2 fully saturated rings. The zero-order valence-electron chi connectivity index (χ0n) is 12.8. The molecule has 4 atom stereocenters. The minimum Gasteiger partial charge on any atom is -0.338 e. The van der Waals surface area contributed by atoms with Crippen molar-refractivity contribution in [1.29, 1.82) is 0 Å². The number of amides is 1. The molecule has 0 aromatic heterocycles. The smallest absolute Gasteiger partial charge is 0.226 e. The highest BCUT2D eigenvalue weighted by molar-refractivity contribution is 5.83. The maximum absolute atomic E-state index is 13.3. The van der Waals surface area contributed by atoms with Crippen LogP contribution >= 0.6 is 0 Å². The van der Waals surface area contributed by atoms with Crippen LogP contribution in [0.5, 0.6) is 0 Å². The molecule has 22 heavy (non-hydrogen) atoms. The van der Waals surface area contributed by atoms with Gasteiger partial charge < -0.3 is 10.6 Å². The predicted molar refractivity (Wildman–Crippen MR) is 80.2 cm³/mol. The number of nitrogens with zero attached hydrogens (tertiary/aromatic N) is 1. The first-order chi connectivity index (χ1) is 10.5. The number of likely N-dealkylation sites (tertiary alicyclic amines) is 1. The monoisotopic (exact) mass is 308 g/mol. The zero-order valence-corrected chi connectivity index (χ0v) is 12.8. The molecule has 5 heteroatoms. The van der Waals surface area contributed by atoms with Crippen LogP contribution in [-0.2, 0) is 4.79 Å². The Morgan fingerprint density at radius 3 is 2.77 bits per heavy atom. The second kappa shape index (κ2) is 5.95. The first kappa shape index (κ1) is 15.4. The fraction of sp³-hybridized carbons (Fsp3) is 0.588. The lowest BCUT2D eigenvalue weighted by Crippen LogP contribution is -2.52. The number of carbonyl (C=O) groups is 1. The lowest BCUT2D eigenvalue weighted by atomic mass is 9.96. The summed E-state index contributed by atoms with van der Waals surface area (Å²) in [5.41, 5.74) is 6.73. The van der Waals surface area contributed by atoms with Crippen molar-refractivity contribution in [2.45, 2.75) is 50.6 Å². The van der Waals surface area contributed by atoms with Crippen molar-refractivity contribution in [3.8, 4) is 0 Å². The summed E-state index contributed by atoms with van der Waals surface area (Å²) in [6.07, 6.45) is 3.78. The van der Waals surface area contributed by atoms with E-state index in [1.165, 1.54) is 6.07 Å². The third-order valence-corrected chi connectivity index (χ3v) is 4.92. The van der Waals surface area contributed by atoms with E-state index >= 15 is 0 Å². The van der Waals surface area contributed by atoms with Gasteiger partial charge in [0.2, 0.25) is 5.91 Å². The molecule has 0 bridgehead atoms. The second-order valence-corrected chi connectivity index (χ2v) is 6.58. The molecule has 3 nitrogen and oxygen atoms in total. The van der Waals surface area contributed by atoms with E-state index in [1.807, 2.05) is 11.8 Å². The van der Waals surface area contributed by atoms with Gasteiger partial charge in [-0.05, 0) is 56.2 Å². The molecule has 0 radical (unpaired) electrons. The minimum atomic E-state index is -0.847. The molecule has 2 N–H and O–H groups in total. The highest BCUT2D eigenvalue weighted by atomic mass is 19.2. The molecule has 120 valence electrons. The van der Waals surface area contributed by atoms with Gasteiger partial charge in [-0.15, -0.1) is 0 Å². The SMILES string of the molecule is CC(N)C1CCCCN1C(=O)C1CC1c1ccc(F)c(F)c1. The van der Waals surface area contributed by atoms with Crippen molar-refractivity contribution in [2.75, 3.05) is 6.54 Å².